The van der Waals surface area contributed by atoms with Gasteiger partial charge in [-0.15, -0.1) is 0 Å². The molecule has 0 spiro atoms. The second-order valence-electron chi connectivity index (χ2n) is 7.88. The Balaban J connectivity index is 1.64. The molecule has 3 aromatic carbocycles. The van der Waals surface area contributed by atoms with E-state index in [0.29, 0.717) is 32.2 Å². The first-order valence-corrected chi connectivity index (χ1v) is 12.2. The zero-order valence-electron chi connectivity index (χ0n) is 19.5. The molecule has 0 radical (unpaired) electrons. The van der Waals surface area contributed by atoms with Crippen LogP contribution in [0.2, 0.25) is 5.02 Å². The van der Waals surface area contributed by atoms with Crippen molar-refractivity contribution < 1.29 is 23.9 Å². The Bertz CT molecular complexity index is 1370. The van der Waals surface area contributed by atoms with Crippen LogP contribution in [0.3, 0.4) is 0 Å². The van der Waals surface area contributed by atoms with Crippen molar-refractivity contribution >= 4 is 57.1 Å². The minimum Gasteiger partial charge on any atom is -0.493 e. The van der Waals surface area contributed by atoms with Crippen LogP contribution in [0, 0.1) is 0 Å². The lowest BCUT2D eigenvalue weighted by Gasteiger charge is -2.26. The Kier molecular flexibility index (Phi) is 7.76. The molecule has 9 heteroatoms. The van der Waals surface area contributed by atoms with E-state index in [1.165, 1.54) is 13.2 Å². The van der Waals surface area contributed by atoms with Gasteiger partial charge in [0.25, 0.3) is 11.8 Å². The molecule has 36 heavy (non-hydrogen) atoms. The fraction of sp³-hybridized carbons (Fsp3) is 0.148. The van der Waals surface area contributed by atoms with E-state index in [-0.39, 0.29) is 12.2 Å². The largest absolute Gasteiger partial charge is 0.493 e. The molecule has 4 amide bonds. The lowest BCUT2D eigenvalue weighted by molar-refractivity contribution is -0.122. The van der Waals surface area contributed by atoms with Crippen LogP contribution in [0.4, 0.5) is 10.5 Å². The van der Waals surface area contributed by atoms with Crippen LogP contribution in [0.25, 0.3) is 6.08 Å². The van der Waals surface area contributed by atoms with E-state index in [1.807, 2.05) is 37.3 Å². The van der Waals surface area contributed by atoms with Gasteiger partial charge < -0.3 is 9.47 Å². The van der Waals surface area contributed by atoms with E-state index in [9.17, 15) is 14.4 Å². The first-order valence-electron chi connectivity index (χ1n) is 11.1. The van der Waals surface area contributed by atoms with E-state index in [0.717, 1.165) is 22.4 Å². The second-order valence-corrected chi connectivity index (χ2v) is 9.14. The van der Waals surface area contributed by atoms with Crippen molar-refractivity contribution in [2.45, 2.75) is 20.0 Å². The highest BCUT2D eigenvalue weighted by molar-refractivity contribution is 9.10. The van der Waals surface area contributed by atoms with Gasteiger partial charge in [-0.3, -0.25) is 14.9 Å². The standard InChI is InChI=1S/C27H22BrClN2O5/c1-3-16-8-10-19(11-9-16)31-26(33)20(25(32)30-27(31)34)12-18-13-23(35-2)24(14-21(18)28)36-15-17-6-4-5-7-22(17)29/h4-14H,3,15H2,1-2H3,(H,30,32,34)/b20-12-. The number of amides is 4. The smallest absolute Gasteiger partial charge is 0.335 e. The molecule has 0 bridgehead atoms. The normalized spacial score (nSPS) is 14.7. The molecule has 1 heterocycles. The van der Waals surface area contributed by atoms with E-state index >= 15 is 0 Å². The number of aryl methyl sites for hydroxylation is 1. The molecule has 7 nitrogen and oxygen atoms in total. The molecule has 1 N–H and O–H groups in total. The van der Waals surface area contributed by atoms with E-state index in [4.69, 9.17) is 21.1 Å². The number of rotatable bonds is 7. The number of carbonyl (C=O) groups is 3. The number of barbiturate groups is 1. The average molecular weight is 570 g/mol. The number of ether oxygens (including phenoxy) is 2. The number of hydrogen-bond acceptors (Lipinski definition) is 5. The van der Waals surface area contributed by atoms with Gasteiger partial charge in [-0.05, 0) is 54.0 Å². The summed E-state index contributed by atoms with van der Waals surface area (Å²) in [5.41, 5.74) is 2.54. The van der Waals surface area contributed by atoms with Crippen molar-refractivity contribution in [3.63, 3.8) is 0 Å². The number of halogens is 2. The predicted octanol–water partition coefficient (Wildman–Crippen LogP) is 5.92. The molecule has 4 rings (SSSR count). The molecule has 1 saturated heterocycles. The maximum Gasteiger partial charge on any atom is 0.335 e. The molecule has 1 aliphatic heterocycles. The van der Waals surface area contributed by atoms with Gasteiger partial charge in [0.1, 0.15) is 12.2 Å². The Morgan fingerprint density at radius 2 is 1.75 bits per heavy atom. The maximum absolute atomic E-state index is 13.2. The molecule has 1 aliphatic rings. The highest BCUT2D eigenvalue weighted by Gasteiger charge is 2.37. The SMILES string of the molecule is CCc1ccc(N2C(=O)NC(=O)/C(=C/c3cc(OC)c(OCc4ccccc4Cl)cc3Br)C2=O)cc1. The quantitative estimate of drug-likeness (QED) is 0.282. The summed E-state index contributed by atoms with van der Waals surface area (Å²) in [6.45, 7) is 2.23. The van der Waals surface area contributed by atoms with Gasteiger partial charge in [0.05, 0.1) is 12.8 Å². The first-order chi connectivity index (χ1) is 17.3. The predicted molar refractivity (Wildman–Crippen MR) is 141 cm³/mol. The molecule has 0 aromatic heterocycles. The van der Waals surface area contributed by atoms with Crippen LogP contribution in [-0.4, -0.2) is 25.0 Å². The minimum absolute atomic E-state index is 0.193. The van der Waals surface area contributed by atoms with Crippen molar-refractivity contribution in [1.29, 1.82) is 0 Å². The number of hydrogen-bond donors (Lipinski definition) is 1. The highest BCUT2D eigenvalue weighted by Crippen LogP contribution is 2.36. The number of benzene rings is 3. The van der Waals surface area contributed by atoms with Crippen molar-refractivity contribution in [2.75, 3.05) is 12.0 Å². The fourth-order valence-electron chi connectivity index (χ4n) is 3.63. The van der Waals surface area contributed by atoms with Crippen LogP contribution >= 0.6 is 27.5 Å². The minimum atomic E-state index is -0.800. The first kappa shape index (κ1) is 25.5. The number of imide groups is 2. The summed E-state index contributed by atoms with van der Waals surface area (Å²) in [6.07, 6.45) is 2.22. The van der Waals surface area contributed by atoms with E-state index < -0.39 is 17.8 Å². The number of carbonyl (C=O) groups excluding carboxylic acids is 3. The second kappa shape index (κ2) is 11.0. The number of anilines is 1. The van der Waals surface area contributed by atoms with Crippen LogP contribution in [0.15, 0.2) is 70.7 Å². The number of urea groups is 1. The van der Waals surface area contributed by atoms with Gasteiger partial charge in [0.2, 0.25) is 0 Å². The third-order valence-electron chi connectivity index (χ3n) is 5.63. The van der Waals surface area contributed by atoms with Gasteiger partial charge in [-0.1, -0.05) is 64.8 Å². The summed E-state index contributed by atoms with van der Waals surface area (Å²) in [7, 11) is 1.49. The van der Waals surface area contributed by atoms with E-state index in [1.54, 1.807) is 30.3 Å². The topological polar surface area (TPSA) is 84.9 Å². The number of nitrogens with one attached hydrogen (secondary N) is 1. The third kappa shape index (κ3) is 5.29. The van der Waals surface area contributed by atoms with Crippen molar-refractivity contribution in [3.05, 3.63) is 92.4 Å². The van der Waals surface area contributed by atoms with Gasteiger partial charge in [0, 0.05) is 15.1 Å². The summed E-state index contributed by atoms with van der Waals surface area (Å²) in [5.74, 6) is -0.670. The molecule has 0 saturated carbocycles. The highest BCUT2D eigenvalue weighted by atomic mass is 79.9. The Hall–Kier alpha value is -3.62. The van der Waals surface area contributed by atoms with E-state index in [2.05, 4.69) is 21.2 Å². The average Bonchev–Trinajstić information content (AvgIpc) is 2.87. The van der Waals surface area contributed by atoms with Gasteiger partial charge in [-0.25, -0.2) is 9.69 Å². The van der Waals surface area contributed by atoms with Crippen molar-refractivity contribution in [2.24, 2.45) is 0 Å². The zero-order chi connectivity index (χ0) is 25.8. The summed E-state index contributed by atoms with van der Waals surface area (Å²) >= 11 is 9.69. The molecular formula is C27H22BrClN2O5. The molecule has 1 fully saturated rings. The molecule has 0 aliphatic carbocycles. The van der Waals surface area contributed by atoms with Crippen molar-refractivity contribution in [1.82, 2.24) is 5.32 Å². The van der Waals surface area contributed by atoms with Gasteiger partial charge in [0.15, 0.2) is 11.5 Å². The lowest BCUT2D eigenvalue weighted by atomic mass is 10.1. The van der Waals surface area contributed by atoms with Crippen molar-refractivity contribution in [3.8, 4) is 11.5 Å². The third-order valence-corrected chi connectivity index (χ3v) is 6.68. The monoisotopic (exact) mass is 568 g/mol. The summed E-state index contributed by atoms with van der Waals surface area (Å²) in [6, 6.07) is 16.9. The fourth-order valence-corrected chi connectivity index (χ4v) is 4.26. The number of methoxy groups -OCH3 is 1. The summed E-state index contributed by atoms with van der Waals surface area (Å²) < 4.78 is 11.9. The Morgan fingerprint density at radius 3 is 2.42 bits per heavy atom. The molecular weight excluding hydrogens is 548 g/mol. The molecule has 0 atom stereocenters. The van der Waals surface area contributed by atoms with Crippen LogP contribution in [0.1, 0.15) is 23.6 Å². The number of nitrogens with zero attached hydrogens (tertiary/aromatic N) is 1. The lowest BCUT2D eigenvalue weighted by Crippen LogP contribution is -2.54. The molecule has 184 valence electrons. The van der Waals surface area contributed by atoms with Crippen LogP contribution < -0.4 is 19.7 Å². The molecule has 3 aromatic rings. The summed E-state index contributed by atoms with van der Waals surface area (Å²) in [5, 5.41) is 2.82. The molecule has 0 unspecified atom stereocenters. The Morgan fingerprint density at radius 1 is 1.03 bits per heavy atom. The maximum atomic E-state index is 13.2. The Labute approximate surface area is 221 Å². The van der Waals surface area contributed by atoms with Gasteiger partial charge >= 0.3 is 6.03 Å². The van der Waals surface area contributed by atoms with Crippen LogP contribution in [0.5, 0.6) is 11.5 Å². The van der Waals surface area contributed by atoms with Gasteiger partial charge in [-0.2, -0.15) is 0 Å². The summed E-state index contributed by atoms with van der Waals surface area (Å²) in [4.78, 5) is 39.2. The zero-order valence-corrected chi connectivity index (χ0v) is 21.9. The van der Waals surface area contributed by atoms with Crippen LogP contribution in [-0.2, 0) is 22.6 Å².